The number of nitrogens with one attached hydrogen (secondary N) is 4. The average molecular weight is 455 g/mol. The van der Waals surface area contributed by atoms with Gasteiger partial charge >= 0.3 is 0 Å². The molecule has 1 aromatic carbocycles. The van der Waals surface area contributed by atoms with Crippen LogP contribution in [0.15, 0.2) is 51.1 Å². The Morgan fingerprint density at radius 1 is 1.28 bits per heavy atom. The van der Waals surface area contributed by atoms with E-state index >= 15 is 0 Å². The van der Waals surface area contributed by atoms with Gasteiger partial charge in [0, 0.05) is 29.8 Å². The lowest BCUT2D eigenvalue weighted by Gasteiger charge is -2.20. The summed E-state index contributed by atoms with van der Waals surface area (Å²) in [5, 5.41) is 13.6. The molecule has 1 saturated heterocycles. The Hall–Kier alpha value is -2.29. The van der Waals surface area contributed by atoms with Gasteiger partial charge in [-0.25, -0.2) is 0 Å². The maximum absolute atomic E-state index is 12.5. The van der Waals surface area contributed by atoms with E-state index in [4.69, 9.17) is 10.7 Å². The van der Waals surface area contributed by atoms with Gasteiger partial charge in [0.15, 0.2) is 0 Å². The Morgan fingerprint density at radius 2 is 2.00 bits per heavy atom. The van der Waals surface area contributed by atoms with Crippen LogP contribution in [-0.2, 0) is 6.54 Å². The van der Waals surface area contributed by atoms with Gasteiger partial charge in [-0.05, 0) is 57.0 Å². The highest BCUT2D eigenvalue weighted by molar-refractivity contribution is 8.05. The van der Waals surface area contributed by atoms with Crippen molar-refractivity contribution in [3.63, 3.8) is 0 Å². The summed E-state index contributed by atoms with van der Waals surface area (Å²) in [6.07, 6.45) is 4.61. The number of hydrogen-bond acceptors (Lipinski definition) is 7. The number of carbonyl (C=O) groups is 1. The third-order valence-electron chi connectivity index (χ3n) is 6.43. The summed E-state index contributed by atoms with van der Waals surface area (Å²) in [6.45, 7) is 5.31. The van der Waals surface area contributed by atoms with Crippen LogP contribution in [0.25, 0.3) is 0 Å². The first-order chi connectivity index (χ1) is 15.5. The van der Waals surface area contributed by atoms with Gasteiger partial charge in [0.05, 0.1) is 16.0 Å². The van der Waals surface area contributed by atoms with E-state index in [0.29, 0.717) is 19.3 Å². The lowest BCUT2D eigenvalue weighted by Crippen LogP contribution is -2.33. The second-order valence-corrected chi connectivity index (χ2v) is 9.84. The summed E-state index contributed by atoms with van der Waals surface area (Å²) in [6, 6.07) is 8.18. The Bertz CT molecular complexity index is 944. The second kappa shape index (κ2) is 10.1. The van der Waals surface area contributed by atoms with Crippen LogP contribution in [0.4, 0.5) is 0 Å². The summed E-state index contributed by atoms with van der Waals surface area (Å²) >= 11 is 1.76. The Morgan fingerprint density at radius 3 is 2.66 bits per heavy atom. The average Bonchev–Trinajstić information content (AvgIpc) is 3.44. The molecule has 1 aromatic rings. The Balaban J connectivity index is 1.43. The van der Waals surface area contributed by atoms with Crippen LogP contribution >= 0.6 is 11.8 Å². The number of thioether (sulfide) groups is 1. The van der Waals surface area contributed by atoms with Crippen LogP contribution in [-0.4, -0.2) is 42.8 Å². The van der Waals surface area contributed by atoms with Crippen LogP contribution in [0.3, 0.4) is 0 Å². The van der Waals surface area contributed by atoms with Gasteiger partial charge in [0.25, 0.3) is 5.91 Å². The zero-order chi connectivity index (χ0) is 22.7. The number of nitrogens with zero attached hydrogens (tertiary/aromatic N) is 1. The molecule has 172 valence electrons. The zero-order valence-corrected chi connectivity index (χ0v) is 19.9. The summed E-state index contributed by atoms with van der Waals surface area (Å²) in [5.74, 6) is 1.02. The van der Waals surface area contributed by atoms with Crippen molar-refractivity contribution in [1.29, 1.82) is 0 Å². The number of fused-ring (bicyclic) bond motifs is 1. The van der Waals surface area contributed by atoms with Crippen LogP contribution in [0.2, 0.25) is 0 Å². The molecule has 6 N–H and O–H groups in total. The minimum absolute atomic E-state index is 0.0146. The van der Waals surface area contributed by atoms with E-state index in [2.05, 4.69) is 28.2 Å². The molecule has 3 aliphatic rings. The van der Waals surface area contributed by atoms with Crippen molar-refractivity contribution in [2.45, 2.75) is 63.5 Å². The number of nitrogens with two attached hydrogens (primary N) is 1. The number of aliphatic imine (C=N–C) groups is 1. The van der Waals surface area contributed by atoms with Gasteiger partial charge < -0.3 is 27.0 Å². The number of hydrogen-bond donors (Lipinski definition) is 5. The molecule has 4 rings (SSSR count). The normalized spacial score (nSPS) is 23.4. The van der Waals surface area contributed by atoms with E-state index in [1.54, 1.807) is 11.8 Å². The Kier molecular flexibility index (Phi) is 7.23. The number of rotatable bonds is 7. The van der Waals surface area contributed by atoms with Gasteiger partial charge in [-0.2, -0.15) is 0 Å². The highest BCUT2D eigenvalue weighted by Crippen LogP contribution is 2.41. The number of allylic oxidation sites excluding steroid dienone is 1. The lowest BCUT2D eigenvalue weighted by molar-refractivity contribution is 0.0938. The molecule has 2 unspecified atom stereocenters. The highest BCUT2D eigenvalue weighted by atomic mass is 32.2. The first-order valence-electron chi connectivity index (χ1n) is 11.4. The minimum atomic E-state index is -0.0146. The monoisotopic (exact) mass is 454 g/mol. The largest absolute Gasteiger partial charge is 0.367 e. The molecule has 8 heteroatoms. The van der Waals surface area contributed by atoms with Gasteiger partial charge in [-0.1, -0.05) is 36.7 Å². The third-order valence-corrected chi connectivity index (χ3v) is 7.77. The molecule has 7 nitrogen and oxygen atoms in total. The molecule has 2 heterocycles. The van der Waals surface area contributed by atoms with Gasteiger partial charge in [0.2, 0.25) is 0 Å². The van der Waals surface area contributed by atoms with Crippen molar-refractivity contribution in [1.82, 2.24) is 21.3 Å². The maximum atomic E-state index is 12.5. The third kappa shape index (κ3) is 4.87. The topological polar surface area (TPSA) is 104 Å². The van der Waals surface area contributed by atoms with Crippen molar-refractivity contribution >= 4 is 23.4 Å². The van der Waals surface area contributed by atoms with E-state index in [9.17, 15) is 4.79 Å². The predicted octanol–water partition coefficient (Wildman–Crippen LogP) is 2.58. The number of carbonyl (C=O) groups excluding carboxylic acids is 1. The molecular formula is C24H34N6OS. The molecule has 1 aliphatic carbocycles. The molecule has 0 radical (unpaired) electrons. The smallest absolute Gasteiger partial charge is 0.251 e. The summed E-state index contributed by atoms with van der Waals surface area (Å²) < 4.78 is 0. The molecule has 2 atom stereocenters. The van der Waals surface area contributed by atoms with E-state index in [-0.39, 0.29) is 17.3 Å². The van der Waals surface area contributed by atoms with Crippen molar-refractivity contribution in [3.05, 3.63) is 57.3 Å². The van der Waals surface area contributed by atoms with E-state index in [1.807, 2.05) is 38.2 Å². The highest BCUT2D eigenvalue weighted by Gasteiger charge is 2.36. The SMILES string of the molecule is CNC1SC2=C(NCc3ccc(C(=O)NC4CCCC4)cc3)NCN=C2/C1=C(\C)C(C)N. The van der Waals surface area contributed by atoms with Gasteiger partial charge in [0.1, 0.15) is 12.5 Å². The predicted molar refractivity (Wildman–Crippen MR) is 132 cm³/mol. The fourth-order valence-electron chi connectivity index (χ4n) is 4.38. The fourth-order valence-corrected chi connectivity index (χ4v) is 5.70. The van der Waals surface area contributed by atoms with Crippen LogP contribution in [0, 0.1) is 0 Å². The van der Waals surface area contributed by atoms with Crippen LogP contribution < -0.4 is 27.0 Å². The molecule has 0 bridgehead atoms. The summed E-state index contributed by atoms with van der Waals surface area (Å²) in [4.78, 5) is 18.3. The van der Waals surface area contributed by atoms with Gasteiger partial charge in [-0.3, -0.25) is 9.79 Å². The zero-order valence-electron chi connectivity index (χ0n) is 19.1. The molecule has 2 fully saturated rings. The molecular weight excluding hydrogens is 420 g/mol. The molecule has 1 saturated carbocycles. The fraction of sp³-hybridized carbons (Fsp3) is 0.500. The number of amides is 1. The van der Waals surface area contributed by atoms with Crippen molar-refractivity contribution in [3.8, 4) is 0 Å². The molecule has 1 amide bonds. The molecule has 0 spiro atoms. The van der Waals surface area contributed by atoms with E-state index in [0.717, 1.165) is 40.4 Å². The van der Waals surface area contributed by atoms with Crippen LogP contribution in [0.5, 0.6) is 0 Å². The lowest BCUT2D eigenvalue weighted by atomic mass is 9.99. The number of benzene rings is 1. The van der Waals surface area contributed by atoms with E-state index < -0.39 is 0 Å². The number of likely N-dealkylation sites (N-methyl/N-ethyl adjacent to an activating group) is 1. The second-order valence-electron chi connectivity index (χ2n) is 8.72. The first kappa shape index (κ1) is 22.9. The van der Waals surface area contributed by atoms with Crippen molar-refractivity contribution in [2.24, 2.45) is 10.7 Å². The molecule has 0 aromatic heterocycles. The maximum Gasteiger partial charge on any atom is 0.251 e. The first-order valence-corrected chi connectivity index (χ1v) is 12.3. The molecule has 2 aliphatic heterocycles. The standard InChI is InChI=1S/C24H34N6OS/c1-14(15(2)25)19-20-21(32-24(19)26-3)22(29-13-28-20)27-12-16-8-10-17(11-9-16)23(31)30-18-6-4-5-7-18/h8-11,15,18,24,26-27,29H,4-7,12-13,25H2,1-3H3,(H,30,31)/b19-14-. The summed E-state index contributed by atoms with van der Waals surface area (Å²) in [7, 11) is 1.97. The molecule has 32 heavy (non-hydrogen) atoms. The van der Waals surface area contributed by atoms with E-state index in [1.165, 1.54) is 24.0 Å². The quantitative estimate of drug-likeness (QED) is 0.434. The van der Waals surface area contributed by atoms with Crippen molar-refractivity contribution in [2.75, 3.05) is 13.7 Å². The Labute approximate surface area is 194 Å². The minimum Gasteiger partial charge on any atom is -0.367 e. The summed E-state index contributed by atoms with van der Waals surface area (Å²) in [5.41, 5.74) is 11.4. The van der Waals surface area contributed by atoms with Gasteiger partial charge in [-0.15, -0.1) is 0 Å². The van der Waals surface area contributed by atoms with Crippen LogP contribution in [0.1, 0.15) is 55.5 Å². The van der Waals surface area contributed by atoms with Crippen molar-refractivity contribution < 1.29 is 4.79 Å².